The monoisotopic (exact) mass is 246 g/mol. The molecule has 1 aromatic heterocycles. The van der Waals surface area contributed by atoms with E-state index in [1.165, 1.54) is 5.56 Å². The van der Waals surface area contributed by atoms with Crippen molar-refractivity contribution in [1.82, 2.24) is 9.88 Å². The molecule has 1 aromatic rings. The van der Waals surface area contributed by atoms with Crippen LogP contribution in [0, 0.1) is 23.2 Å². The minimum absolute atomic E-state index is 0.0921. The third-order valence-corrected chi connectivity index (χ3v) is 2.42. The van der Waals surface area contributed by atoms with Gasteiger partial charge in [-0.15, -0.1) is 0 Å². The van der Waals surface area contributed by atoms with Gasteiger partial charge in [0.25, 0.3) is 0 Å². The van der Waals surface area contributed by atoms with Crippen molar-refractivity contribution in [3.8, 4) is 11.8 Å². The Labute approximate surface area is 112 Å². The summed E-state index contributed by atoms with van der Waals surface area (Å²) in [6, 6.07) is 2.16. The molecule has 100 valence electrons. The van der Waals surface area contributed by atoms with E-state index in [0.29, 0.717) is 5.92 Å². The van der Waals surface area contributed by atoms with Crippen LogP contribution in [0.1, 0.15) is 40.2 Å². The lowest BCUT2D eigenvalue weighted by molar-refractivity contribution is 0.552. The average Bonchev–Trinajstić information content (AvgIpc) is 2.63. The van der Waals surface area contributed by atoms with Crippen LogP contribution in [0.15, 0.2) is 18.5 Å². The number of hydrogen-bond donors (Lipinski definition) is 1. The molecule has 0 aromatic carbocycles. The Balaban J connectivity index is 2.41. The van der Waals surface area contributed by atoms with Gasteiger partial charge in [-0.3, -0.25) is 0 Å². The van der Waals surface area contributed by atoms with Crippen molar-refractivity contribution in [2.24, 2.45) is 11.3 Å². The number of hydrogen-bond acceptors (Lipinski definition) is 1. The molecule has 0 aliphatic heterocycles. The van der Waals surface area contributed by atoms with Crippen LogP contribution in [0.2, 0.25) is 0 Å². The summed E-state index contributed by atoms with van der Waals surface area (Å²) < 4.78 is 2.14. The van der Waals surface area contributed by atoms with Gasteiger partial charge in [0.2, 0.25) is 0 Å². The van der Waals surface area contributed by atoms with Gasteiger partial charge < -0.3 is 9.88 Å². The molecule has 0 aliphatic rings. The maximum absolute atomic E-state index is 3.45. The highest BCUT2D eigenvalue weighted by atomic mass is 14.9. The van der Waals surface area contributed by atoms with Crippen LogP contribution in [-0.4, -0.2) is 11.1 Å². The molecule has 2 nitrogen and oxygen atoms in total. The highest BCUT2D eigenvalue weighted by molar-refractivity contribution is 5.13. The van der Waals surface area contributed by atoms with Crippen molar-refractivity contribution >= 4 is 0 Å². The molecule has 0 fully saturated rings. The van der Waals surface area contributed by atoms with Crippen molar-refractivity contribution in [3.05, 3.63) is 24.0 Å². The second kappa shape index (κ2) is 6.66. The summed E-state index contributed by atoms with van der Waals surface area (Å²) in [5.74, 6) is 7.17. The predicted molar refractivity (Wildman–Crippen MR) is 78.2 cm³/mol. The Morgan fingerprint density at radius 3 is 2.67 bits per heavy atom. The lowest BCUT2D eigenvalue weighted by atomic mass is 9.98. The zero-order valence-corrected chi connectivity index (χ0v) is 12.4. The first-order chi connectivity index (χ1) is 8.37. The minimum atomic E-state index is 0.0921. The standard InChI is InChI=1S/C16H26N2/c1-14(2)11-17-12-15-7-10-18(13-15)9-6-8-16(3,4)5/h7,10,13-14,17H,9,11-12H2,1-5H3. The summed E-state index contributed by atoms with van der Waals surface area (Å²) in [6.07, 6.45) is 4.27. The van der Waals surface area contributed by atoms with Crippen molar-refractivity contribution in [2.75, 3.05) is 6.54 Å². The highest BCUT2D eigenvalue weighted by Gasteiger charge is 2.03. The van der Waals surface area contributed by atoms with Crippen LogP contribution < -0.4 is 5.32 Å². The molecule has 0 atom stereocenters. The average molecular weight is 246 g/mol. The molecular formula is C16H26N2. The first-order valence-corrected chi connectivity index (χ1v) is 6.72. The van der Waals surface area contributed by atoms with E-state index in [9.17, 15) is 0 Å². The van der Waals surface area contributed by atoms with Gasteiger partial charge in [0.1, 0.15) is 0 Å². The van der Waals surface area contributed by atoms with Crippen LogP contribution in [0.4, 0.5) is 0 Å². The van der Waals surface area contributed by atoms with E-state index in [2.05, 4.69) is 74.8 Å². The van der Waals surface area contributed by atoms with Crippen molar-refractivity contribution in [2.45, 2.75) is 47.7 Å². The van der Waals surface area contributed by atoms with Gasteiger partial charge in [-0.25, -0.2) is 0 Å². The summed E-state index contributed by atoms with van der Waals surface area (Å²) in [5, 5.41) is 3.45. The molecule has 1 rings (SSSR count). The van der Waals surface area contributed by atoms with Gasteiger partial charge in [0.05, 0.1) is 6.54 Å². The van der Waals surface area contributed by atoms with Crippen molar-refractivity contribution < 1.29 is 0 Å². The zero-order valence-electron chi connectivity index (χ0n) is 12.4. The van der Waals surface area contributed by atoms with Gasteiger partial charge in [0.15, 0.2) is 0 Å². The second-order valence-corrected chi connectivity index (χ2v) is 6.27. The molecule has 18 heavy (non-hydrogen) atoms. The van der Waals surface area contributed by atoms with Gasteiger partial charge >= 0.3 is 0 Å². The van der Waals surface area contributed by atoms with E-state index in [1.807, 2.05) is 0 Å². The second-order valence-electron chi connectivity index (χ2n) is 6.27. The van der Waals surface area contributed by atoms with Crippen molar-refractivity contribution in [3.63, 3.8) is 0 Å². The zero-order chi connectivity index (χ0) is 13.6. The lowest BCUT2D eigenvalue weighted by Crippen LogP contribution is -2.18. The quantitative estimate of drug-likeness (QED) is 0.789. The number of aromatic nitrogens is 1. The Morgan fingerprint density at radius 2 is 2.06 bits per heavy atom. The number of nitrogens with one attached hydrogen (secondary N) is 1. The van der Waals surface area contributed by atoms with E-state index in [4.69, 9.17) is 0 Å². The summed E-state index contributed by atoms with van der Waals surface area (Å²) in [4.78, 5) is 0. The normalized spacial score (nSPS) is 11.4. The first kappa shape index (κ1) is 14.9. The third-order valence-electron chi connectivity index (χ3n) is 2.42. The minimum Gasteiger partial charge on any atom is -0.342 e. The fourth-order valence-electron chi connectivity index (χ4n) is 1.59. The Kier molecular flexibility index (Phi) is 5.50. The van der Waals surface area contributed by atoms with E-state index in [-0.39, 0.29) is 5.41 Å². The number of rotatable bonds is 5. The molecular weight excluding hydrogens is 220 g/mol. The molecule has 2 heteroatoms. The fraction of sp³-hybridized carbons (Fsp3) is 0.625. The molecule has 0 bridgehead atoms. The molecule has 0 unspecified atom stereocenters. The molecule has 1 heterocycles. The Bertz CT molecular complexity index is 410. The highest BCUT2D eigenvalue weighted by Crippen LogP contribution is 2.09. The molecule has 0 aliphatic carbocycles. The largest absolute Gasteiger partial charge is 0.342 e. The van der Waals surface area contributed by atoms with Crippen LogP contribution in [0.3, 0.4) is 0 Å². The summed E-state index contributed by atoms with van der Waals surface area (Å²) in [7, 11) is 0. The lowest BCUT2D eigenvalue weighted by Gasteiger charge is -2.07. The molecule has 0 radical (unpaired) electrons. The number of nitrogens with zero attached hydrogens (tertiary/aromatic N) is 1. The van der Waals surface area contributed by atoms with E-state index >= 15 is 0 Å². The van der Waals surface area contributed by atoms with Gasteiger partial charge in [-0.2, -0.15) is 0 Å². The topological polar surface area (TPSA) is 17.0 Å². The van der Waals surface area contributed by atoms with Crippen molar-refractivity contribution in [1.29, 1.82) is 0 Å². The van der Waals surface area contributed by atoms with Crippen LogP contribution in [0.25, 0.3) is 0 Å². The maximum atomic E-state index is 3.45. The van der Waals surface area contributed by atoms with Crippen LogP contribution >= 0.6 is 0 Å². The first-order valence-electron chi connectivity index (χ1n) is 6.72. The van der Waals surface area contributed by atoms with E-state index in [1.54, 1.807) is 0 Å². The van der Waals surface area contributed by atoms with Gasteiger partial charge in [0, 0.05) is 24.4 Å². The molecule has 1 N–H and O–H groups in total. The molecule has 0 amide bonds. The smallest absolute Gasteiger partial charge is 0.0831 e. The van der Waals surface area contributed by atoms with Gasteiger partial charge in [-0.1, -0.05) is 25.7 Å². The Morgan fingerprint density at radius 1 is 1.33 bits per heavy atom. The third kappa shape index (κ3) is 6.51. The maximum Gasteiger partial charge on any atom is 0.0831 e. The SMILES string of the molecule is CC(C)CNCc1ccn(CC#CC(C)(C)C)c1. The van der Waals surface area contributed by atoms with Gasteiger partial charge in [-0.05, 0) is 44.9 Å². The predicted octanol–water partition coefficient (Wildman–Crippen LogP) is 3.28. The molecule has 0 saturated heterocycles. The van der Waals surface area contributed by atoms with Crippen LogP contribution in [-0.2, 0) is 13.1 Å². The summed E-state index contributed by atoms with van der Waals surface area (Å²) in [6.45, 7) is 13.6. The fourth-order valence-corrected chi connectivity index (χ4v) is 1.59. The molecule has 0 spiro atoms. The molecule has 0 saturated carbocycles. The van der Waals surface area contributed by atoms with E-state index < -0.39 is 0 Å². The Hall–Kier alpha value is -1.20. The summed E-state index contributed by atoms with van der Waals surface area (Å²) in [5.41, 5.74) is 1.42. The van der Waals surface area contributed by atoms with E-state index in [0.717, 1.165) is 19.6 Å². The van der Waals surface area contributed by atoms with Crippen LogP contribution in [0.5, 0.6) is 0 Å². The summed E-state index contributed by atoms with van der Waals surface area (Å²) >= 11 is 0.